The lowest BCUT2D eigenvalue weighted by Crippen LogP contribution is -2.35. The van der Waals surface area contributed by atoms with E-state index < -0.39 is 11.7 Å². The highest BCUT2D eigenvalue weighted by molar-refractivity contribution is 9.10. The molecule has 1 aliphatic heterocycles. The van der Waals surface area contributed by atoms with Gasteiger partial charge in [0.15, 0.2) is 0 Å². The quantitative estimate of drug-likeness (QED) is 0.401. The number of benzene rings is 2. The van der Waals surface area contributed by atoms with Crippen LogP contribution in [0.15, 0.2) is 57.9 Å². The molecule has 0 radical (unpaired) electrons. The van der Waals surface area contributed by atoms with Gasteiger partial charge in [0.05, 0.1) is 16.8 Å². The van der Waals surface area contributed by atoms with Gasteiger partial charge in [0.2, 0.25) is 0 Å². The summed E-state index contributed by atoms with van der Waals surface area (Å²) in [6.07, 6.45) is -1.82. The average Bonchev–Trinajstić information content (AvgIpc) is 3.15. The molecule has 0 unspecified atom stereocenters. The highest BCUT2D eigenvalue weighted by Crippen LogP contribution is 2.30. The zero-order chi connectivity index (χ0) is 22.5. The van der Waals surface area contributed by atoms with Crippen molar-refractivity contribution in [2.75, 3.05) is 6.54 Å². The van der Waals surface area contributed by atoms with Crippen LogP contribution in [0.3, 0.4) is 0 Å². The summed E-state index contributed by atoms with van der Waals surface area (Å²) in [5.41, 5.74) is 2.97. The molecule has 32 heavy (non-hydrogen) atoms. The molecule has 5 rings (SSSR count). The molecule has 0 saturated carbocycles. The Bertz CT molecular complexity index is 1360. The van der Waals surface area contributed by atoms with E-state index in [1.165, 1.54) is 12.1 Å². The standard InChI is InChI=1S/C23H18BrF3N4O/c24-16-5-6-17-14(10-28-20(17)9-16)11-31-8-7-19-18(12-31)22(32)30-21(29-19)13-1-3-15(4-2-13)23(25,26)27/h1-6,9-10,28H,7-8,11-12H2,(H,29,30,32). The van der Waals surface area contributed by atoms with Gasteiger partial charge in [0.25, 0.3) is 5.56 Å². The van der Waals surface area contributed by atoms with E-state index in [0.29, 0.717) is 36.3 Å². The molecule has 4 aromatic rings. The summed E-state index contributed by atoms with van der Waals surface area (Å²) in [6, 6.07) is 10.8. The number of aromatic nitrogens is 3. The van der Waals surface area contributed by atoms with Crippen LogP contribution >= 0.6 is 15.9 Å². The van der Waals surface area contributed by atoms with E-state index in [1.807, 2.05) is 18.3 Å². The molecular formula is C23H18BrF3N4O. The van der Waals surface area contributed by atoms with Crippen LogP contribution in [0.25, 0.3) is 22.3 Å². The molecule has 5 nitrogen and oxygen atoms in total. The van der Waals surface area contributed by atoms with Gasteiger partial charge in [-0.25, -0.2) is 4.98 Å². The number of H-pyrrole nitrogens is 2. The second kappa shape index (κ2) is 7.90. The van der Waals surface area contributed by atoms with Gasteiger partial charge >= 0.3 is 6.18 Å². The molecule has 0 atom stereocenters. The predicted molar refractivity (Wildman–Crippen MR) is 119 cm³/mol. The Balaban J connectivity index is 1.38. The van der Waals surface area contributed by atoms with E-state index in [0.717, 1.165) is 39.6 Å². The minimum absolute atomic E-state index is 0.252. The number of alkyl halides is 3. The monoisotopic (exact) mass is 502 g/mol. The fourth-order valence-electron chi connectivity index (χ4n) is 4.10. The summed E-state index contributed by atoms with van der Waals surface area (Å²) in [4.78, 5) is 25.5. The third kappa shape index (κ3) is 3.98. The van der Waals surface area contributed by atoms with E-state index in [1.54, 1.807) is 0 Å². The number of nitrogens with one attached hydrogen (secondary N) is 2. The zero-order valence-corrected chi connectivity index (χ0v) is 18.3. The van der Waals surface area contributed by atoms with Crippen molar-refractivity contribution in [3.63, 3.8) is 0 Å². The summed E-state index contributed by atoms with van der Waals surface area (Å²) in [6.45, 7) is 1.90. The van der Waals surface area contributed by atoms with Crippen LogP contribution in [0.5, 0.6) is 0 Å². The molecule has 0 amide bonds. The summed E-state index contributed by atoms with van der Waals surface area (Å²) < 4.78 is 39.4. The Morgan fingerprint density at radius 1 is 1.12 bits per heavy atom. The fraction of sp³-hybridized carbons (Fsp3) is 0.217. The lowest BCUT2D eigenvalue weighted by atomic mass is 10.0. The maximum atomic E-state index is 12.8. The topological polar surface area (TPSA) is 64.8 Å². The number of nitrogens with zero attached hydrogens (tertiary/aromatic N) is 2. The molecule has 2 aromatic heterocycles. The van der Waals surface area contributed by atoms with Crippen LogP contribution in [-0.2, 0) is 25.7 Å². The molecule has 0 spiro atoms. The van der Waals surface area contributed by atoms with Crippen molar-refractivity contribution in [3.8, 4) is 11.4 Å². The lowest BCUT2D eigenvalue weighted by Gasteiger charge is -2.27. The maximum Gasteiger partial charge on any atom is 0.416 e. The van der Waals surface area contributed by atoms with Crippen LogP contribution in [0.4, 0.5) is 13.2 Å². The Kier molecular flexibility index (Phi) is 5.17. The molecule has 3 heterocycles. The Hall–Kier alpha value is -2.91. The van der Waals surface area contributed by atoms with Crippen LogP contribution < -0.4 is 5.56 Å². The largest absolute Gasteiger partial charge is 0.416 e. The van der Waals surface area contributed by atoms with Crippen LogP contribution in [0, 0.1) is 0 Å². The highest BCUT2D eigenvalue weighted by atomic mass is 79.9. The van der Waals surface area contributed by atoms with Crippen molar-refractivity contribution >= 4 is 26.8 Å². The molecular weight excluding hydrogens is 485 g/mol. The van der Waals surface area contributed by atoms with Gasteiger partial charge in [-0.2, -0.15) is 13.2 Å². The van der Waals surface area contributed by atoms with Crippen molar-refractivity contribution in [2.45, 2.75) is 25.7 Å². The number of rotatable bonds is 3. The van der Waals surface area contributed by atoms with Crippen molar-refractivity contribution in [1.29, 1.82) is 0 Å². The number of hydrogen-bond donors (Lipinski definition) is 2. The van der Waals surface area contributed by atoms with Crippen LogP contribution in [0.1, 0.15) is 22.4 Å². The minimum atomic E-state index is -4.40. The van der Waals surface area contributed by atoms with Crippen LogP contribution in [0.2, 0.25) is 0 Å². The molecule has 2 aromatic carbocycles. The SMILES string of the molecule is O=c1[nH]c(-c2ccc(C(F)(F)F)cc2)nc2c1CN(Cc1c[nH]c3cc(Br)ccc13)CC2. The molecule has 0 fully saturated rings. The van der Waals surface area contributed by atoms with E-state index in [9.17, 15) is 18.0 Å². The first-order valence-electron chi connectivity index (χ1n) is 10.1. The second-order valence-corrected chi connectivity index (χ2v) is 8.80. The maximum absolute atomic E-state index is 12.8. The predicted octanol–water partition coefficient (Wildman–Crippen LogP) is 5.26. The van der Waals surface area contributed by atoms with Gasteiger partial charge in [-0.05, 0) is 29.8 Å². The van der Waals surface area contributed by atoms with Crippen molar-refractivity contribution in [3.05, 3.63) is 85.9 Å². The first-order chi connectivity index (χ1) is 15.3. The molecule has 1 aliphatic rings. The molecule has 0 aliphatic carbocycles. The number of aromatic amines is 2. The summed E-state index contributed by atoms with van der Waals surface area (Å²) >= 11 is 3.48. The number of halogens is 4. The van der Waals surface area contributed by atoms with Gasteiger partial charge in [-0.3, -0.25) is 9.69 Å². The smallest absolute Gasteiger partial charge is 0.361 e. The molecule has 164 valence electrons. The minimum Gasteiger partial charge on any atom is -0.361 e. The fourth-order valence-corrected chi connectivity index (χ4v) is 4.46. The van der Waals surface area contributed by atoms with Crippen molar-refractivity contribution in [1.82, 2.24) is 19.9 Å². The van der Waals surface area contributed by atoms with E-state index >= 15 is 0 Å². The summed E-state index contributed by atoms with van der Waals surface area (Å²) in [5, 5.41) is 1.14. The van der Waals surface area contributed by atoms with Gasteiger partial charge in [-0.15, -0.1) is 0 Å². The molecule has 0 bridgehead atoms. The second-order valence-electron chi connectivity index (χ2n) is 7.88. The number of fused-ring (bicyclic) bond motifs is 2. The Morgan fingerprint density at radius 3 is 2.66 bits per heavy atom. The third-order valence-electron chi connectivity index (χ3n) is 5.76. The highest BCUT2D eigenvalue weighted by Gasteiger charge is 2.30. The Morgan fingerprint density at radius 2 is 1.91 bits per heavy atom. The number of hydrogen-bond acceptors (Lipinski definition) is 3. The molecule has 9 heteroatoms. The first-order valence-corrected chi connectivity index (χ1v) is 10.8. The van der Waals surface area contributed by atoms with E-state index in [4.69, 9.17) is 0 Å². The zero-order valence-electron chi connectivity index (χ0n) is 16.8. The van der Waals surface area contributed by atoms with Gasteiger partial charge in [0, 0.05) is 53.2 Å². The van der Waals surface area contributed by atoms with Crippen molar-refractivity contribution in [2.24, 2.45) is 0 Å². The van der Waals surface area contributed by atoms with Crippen molar-refractivity contribution < 1.29 is 13.2 Å². The summed E-state index contributed by atoms with van der Waals surface area (Å²) in [5.74, 6) is 0.290. The van der Waals surface area contributed by atoms with E-state index in [2.05, 4.69) is 41.8 Å². The van der Waals surface area contributed by atoms with Crippen LogP contribution in [-0.4, -0.2) is 26.4 Å². The van der Waals surface area contributed by atoms with Gasteiger partial charge in [-0.1, -0.05) is 34.1 Å². The first kappa shape index (κ1) is 21.0. The summed E-state index contributed by atoms with van der Waals surface area (Å²) in [7, 11) is 0. The van der Waals surface area contributed by atoms with E-state index in [-0.39, 0.29) is 11.4 Å². The molecule has 2 N–H and O–H groups in total. The Labute approximate surface area is 189 Å². The third-order valence-corrected chi connectivity index (χ3v) is 6.25. The average molecular weight is 503 g/mol. The normalized spacial score (nSPS) is 14.6. The van der Waals surface area contributed by atoms with Gasteiger partial charge in [0.1, 0.15) is 5.82 Å². The van der Waals surface area contributed by atoms with Gasteiger partial charge < -0.3 is 9.97 Å². The lowest BCUT2D eigenvalue weighted by molar-refractivity contribution is -0.137. The molecule has 0 saturated heterocycles.